The van der Waals surface area contributed by atoms with Gasteiger partial charge in [0.2, 0.25) is 0 Å². The molecule has 0 atom stereocenters. The van der Waals surface area contributed by atoms with Crippen LogP contribution < -0.4 is 4.74 Å². The molecular weight excluding hydrogens is 230 g/mol. The molecule has 0 aliphatic heterocycles. The van der Waals surface area contributed by atoms with E-state index in [1.165, 1.54) is 14.2 Å². The molecule has 0 amide bonds. The van der Waals surface area contributed by atoms with E-state index in [2.05, 4.69) is 4.98 Å². The van der Waals surface area contributed by atoms with Gasteiger partial charge in [0.15, 0.2) is 0 Å². The van der Waals surface area contributed by atoms with E-state index in [-0.39, 0.29) is 0 Å². The maximum atomic E-state index is 11.7. The summed E-state index contributed by atoms with van der Waals surface area (Å²) in [5, 5.41) is 0. The van der Waals surface area contributed by atoms with E-state index in [0.717, 1.165) is 11.1 Å². The highest BCUT2D eigenvalue weighted by atomic mass is 16.5. The van der Waals surface area contributed by atoms with Crippen LogP contribution in [0.5, 0.6) is 5.75 Å². The molecule has 0 aliphatic rings. The Hall–Kier alpha value is -2.36. The standard InChI is InChI=1S/C14H13NO3/c1-17-13-4-3-11(9-12(13)14(16)18-2)10-5-7-15-8-6-10/h3-9H,1-2H3. The van der Waals surface area contributed by atoms with Gasteiger partial charge in [-0.05, 0) is 35.4 Å². The van der Waals surface area contributed by atoms with Crippen molar-refractivity contribution in [3.8, 4) is 16.9 Å². The average molecular weight is 243 g/mol. The van der Waals surface area contributed by atoms with Crippen LogP contribution in [0, 0.1) is 0 Å². The normalized spacial score (nSPS) is 9.89. The molecule has 0 N–H and O–H groups in total. The number of benzene rings is 1. The summed E-state index contributed by atoms with van der Waals surface area (Å²) in [5.74, 6) is 0.0856. The topological polar surface area (TPSA) is 48.4 Å². The van der Waals surface area contributed by atoms with Crippen LogP contribution in [0.2, 0.25) is 0 Å². The monoisotopic (exact) mass is 243 g/mol. The molecule has 2 rings (SSSR count). The average Bonchev–Trinajstić information content (AvgIpc) is 2.46. The number of esters is 1. The van der Waals surface area contributed by atoms with E-state index in [9.17, 15) is 4.79 Å². The molecule has 0 spiro atoms. The fraction of sp³-hybridized carbons (Fsp3) is 0.143. The molecule has 92 valence electrons. The van der Waals surface area contributed by atoms with E-state index in [1.807, 2.05) is 18.2 Å². The molecule has 1 heterocycles. The van der Waals surface area contributed by atoms with Crippen molar-refractivity contribution in [3.63, 3.8) is 0 Å². The lowest BCUT2D eigenvalue weighted by Crippen LogP contribution is -2.04. The van der Waals surface area contributed by atoms with Crippen LogP contribution in [0.25, 0.3) is 11.1 Å². The number of rotatable bonds is 3. The van der Waals surface area contributed by atoms with Crippen molar-refractivity contribution >= 4 is 5.97 Å². The Kier molecular flexibility index (Phi) is 3.57. The smallest absolute Gasteiger partial charge is 0.341 e. The lowest BCUT2D eigenvalue weighted by molar-refractivity contribution is 0.0597. The first-order chi connectivity index (χ1) is 8.76. The molecule has 1 aromatic carbocycles. The highest BCUT2D eigenvalue weighted by Crippen LogP contribution is 2.26. The Balaban J connectivity index is 2.49. The lowest BCUT2D eigenvalue weighted by atomic mass is 10.0. The summed E-state index contributed by atoms with van der Waals surface area (Å²) in [7, 11) is 2.87. The summed E-state index contributed by atoms with van der Waals surface area (Å²) in [6.07, 6.45) is 3.41. The van der Waals surface area contributed by atoms with Gasteiger partial charge in [0.05, 0.1) is 14.2 Å². The second-order valence-electron chi connectivity index (χ2n) is 3.64. The third-order valence-corrected chi connectivity index (χ3v) is 2.62. The second-order valence-corrected chi connectivity index (χ2v) is 3.64. The van der Waals surface area contributed by atoms with Crippen LogP contribution >= 0.6 is 0 Å². The Labute approximate surface area is 105 Å². The number of carbonyl (C=O) groups is 1. The van der Waals surface area contributed by atoms with Gasteiger partial charge in [-0.2, -0.15) is 0 Å². The van der Waals surface area contributed by atoms with Crippen molar-refractivity contribution in [3.05, 3.63) is 48.3 Å². The molecule has 4 heteroatoms. The highest BCUT2D eigenvalue weighted by Gasteiger charge is 2.13. The molecule has 4 nitrogen and oxygen atoms in total. The summed E-state index contributed by atoms with van der Waals surface area (Å²) in [6.45, 7) is 0. The Morgan fingerprint density at radius 1 is 1.06 bits per heavy atom. The molecule has 0 radical (unpaired) electrons. The highest BCUT2D eigenvalue weighted by molar-refractivity contribution is 5.94. The molecular formula is C14H13NO3. The van der Waals surface area contributed by atoms with Crippen LogP contribution in [0.15, 0.2) is 42.7 Å². The number of methoxy groups -OCH3 is 2. The number of aromatic nitrogens is 1. The Morgan fingerprint density at radius 3 is 2.39 bits per heavy atom. The van der Waals surface area contributed by atoms with Gasteiger partial charge in [-0.1, -0.05) is 6.07 Å². The van der Waals surface area contributed by atoms with Crippen LogP contribution in [-0.2, 0) is 4.74 Å². The minimum absolute atomic E-state index is 0.411. The molecule has 1 aromatic heterocycles. The fourth-order valence-electron chi connectivity index (χ4n) is 1.70. The number of pyridine rings is 1. The van der Waals surface area contributed by atoms with Crippen LogP contribution in [0.4, 0.5) is 0 Å². The van der Waals surface area contributed by atoms with E-state index >= 15 is 0 Å². The molecule has 0 bridgehead atoms. The van der Waals surface area contributed by atoms with E-state index in [0.29, 0.717) is 11.3 Å². The Morgan fingerprint density at radius 2 is 1.78 bits per heavy atom. The van der Waals surface area contributed by atoms with Crippen LogP contribution in [0.1, 0.15) is 10.4 Å². The summed E-state index contributed by atoms with van der Waals surface area (Å²) in [4.78, 5) is 15.6. The minimum Gasteiger partial charge on any atom is -0.496 e. The first-order valence-electron chi connectivity index (χ1n) is 5.43. The molecule has 0 saturated carbocycles. The Bertz CT molecular complexity index is 552. The van der Waals surface area contributed by atoms with Gasteiger partial charge in [0.25, 0.3) is 0 Å². The predicted molar refractivity (Wildman–Crippen MR) is 67.6 cm³/mol. The van der Waals surface area contributed by atoms with Crippen LogP contribution in [-0.4, -0.2) is 25.2 Å². The number of hydrogen-bond donors (Lipinski definition) is 0. The summed E-state index contributed by atoms with van der Waals surface area (Å²) < 4.78 is 9.88. The van der Waals surface area contributed by atoms with E-state index < -0.39 is 5.97 Å². The molecule has 0 fully saturated rings. The van der Waals surface area contributed by atoms with Gasteiger partial charge >= 0.3 is 5.97 Å². The zero-order chi connectivity index (χ0) is 13.0. The number of hydrogen-bond acceptors (Lipinski definition) is 4. The molecule has 0 saturated heterocycles. The zero-order valence-corrected chi connectivity index (χ0v) is 10.2. The van der Waals surface area contributed by atoms with Crippen molar-refractivity contribution in [1.82, 2.24) is 4.98 Å². The maximum Gasteiger partial charge on any atom is 0.341 e. The second kappa shape index (κ2) is 5.31. The van der Waals surface area contributed by atoms with Crippen molar-refractivity contribution < 1.29 is 14.3 Å². The minimum atomic E-state index is -0.414. The van der Waals surface area contributed by atoms with Gasteiger partial charge in [-0.25, -0.2) is 4.79 Å². The van der Waals surface area contributed by atoms with Gasteiger partial charge in [0.1, 0.15) is 11.3 Å². The number of ether oxygens (including phenoxy) is 2. The number of carbonyl (C=O) groups excluding carboxylic acids is 1. The van der Waals surface area contributed by atoms with Gasteiger partial charge < -0.3 is 9.47 Å². The first-order valence-corrected chi connectivity index (χ1v) is 5.43. The molecule has 18 heavy (non-hydrogen) atoms. The SMILES string of the molecule is COC(=O)c1cc(-c2ccncc2)ccc1OC. The lowest BCUT2D eigenvalue weighted by Gasteiger charge is -2.09. The van der Waals surface area contributed by atoms with Crippen LogP contribution in [0.3, 0.4) is 0 Å². The van der Waals surface area contributed by atoms with Crippen molar-refractivity contribution in [1.29, 1.82) is 0 Å². The summed E-state index contributed by atoms with van der Waals surface area (Å²) in [5.41, 5.74) is 2.31. The summed E-state index contributed by atoms with van der Waals surface area (Å²) >= 11 is 0. The third-order valence-electron chi connectivity index (χ3n) is 2.62. The molecule has 0 aliphatic carbocycles. The van der Waals surface area contributed by atoms with Gasteiger partial charge in [-0.15, -0.1) is 0 Å². The zero-order valence-electron chi connectivity index (χ0n) is 10.2. The van der Waals surface area contributed by atoms with Crippen molar-refractivity contribution in [2.24, 2.45) is 0 Å². The summed E-state index contributed by atoms with van der Waals surface area (Å²) in [6, 6.07) is 9.15. The van der Waals surface area contributed by atoms with Crippen molar-refractivity contribution in [2.75, 3.05) is 14.2 Å². The van der Waals surface area contributed by atoms with E-state index in [1.54, 1.807) is 24.5 Å². The third kappa shape index (κ3) is 2.32. The fourth-order valence-corrected chi connectivity index (χ4v) is 1.70. The van der Waals surface area contributed by atoms with E-state index in [4.69, 9.17) is 9.47 Å². The maximum absolute atomic E-state index is 11.7. The largest absolute Gasteiger partial charge is 0.496 e. The molecule has 2 aromatic rings. The van der Waals surface area contributed by atoms with Gasteiger partial charge in [0, 0.05) is 12.4 Å². The molecule has 0 unspecified atom stereocenters. The first kappa shape index (κ1) is 12.1. The number of nitrogens with zero attached hydrogens (tertiary/aromatic N) is 1. The quantitative estimate of drug-likeness (QED) is 0.777. The predicted octanol–water partition coefficient (Wildman–Crippen LogP) is 2.54. The van der Waals surface area contributed by atoms with Crippen molar-refractivity contribution in [2.45, 2.75) is 0 Å². The van der Waals surface area contributed by atoms with Gasteiger partial charge in [-0.3, -0.25) is 4.98 Å².